The zero-order chi connectivity index (χ0) is 29.0. The standard InChI is InChI=1S/C32H35N5O4/c1-5-32(34-30(39)41-31(2,3)4)19-27(32)23-14-16-26(17-15-23)37-20-28(35-36-37)24-12-9-13-25(18-24)33-29(38)40-21-22-10-7-6-8-11-22/h6-18,20,27H,5,19,21H2,1-4H3,(H,33,38)(H,34,39). The number of carbonyl (C=O) groups excluding carboxylic acids is 2. The summed E-state index contributed by atoms with van der Waals surface area (Å²) in [5.74, 6) is 0.231. The number of rotatable bonds is 8. The van der Waals surface area contributed by atoms with Gasteiger partial charge in [-0.1, -0.05) is 66.7 Å². The highest BCUT2D eigenvalue weighted by molar-refractivity contribution is 5.85. The van der Waals surface area contributed by atoms with Crippen LogP contribution in [0.3, 0.4) is 0 Å². The van der Waals surface area contributed by atoms with E-state index in [-0.39, 0.29) is 24.2 Å². The van der Waals surface area contributed by atoms with Gasteiger partial charge in [0.1, 0.15) is 17.9 Å². The van der Waals surface area contributed by atoms with Gasteiger partial charge in [-0.3, -0.25) is 5.32 Å². The van der Waals surface area contributed by atoms with Crippen LogP contribution in [0.2, 0.25) is 0 Å². The lowest BCUT2D eigenvalue weighted by Crippen LogP contribution is -2.41. The average molecular weight is 554 g/mol. The van der Waals surface area contributed by atoms with Gasteiger partial charge >= 0.3 is 12.2 Å². The molecule has 1 saturated carbocycles. The fraction of sp³-hybridized carbons (Fsp3) is 0.312. The molecule has 41 heavy (non-hydrogen) atoms. The number of nitrogens with zero attached hydrogens (tertiary/aromatic N) is 3. The second-order valence-corrected chi connectivity index (χ2v) is 11.3. The molecule has 0 saturated heterocycles. The smallest absolute Gasteiger partial charge is 0.411 e. The van der Waals surface area contributed by atoms with Crippen LogP contribution < -0.4 is 10.6 Å². The Labute approximate surface area is 239 Å². The molecule has 1 heterocycles. The summed E-state index contributed by atoms with van der Waals surface area (Å²) in [6.45, 7) is 7.87. The Morgan fingerprint density at radius 3 is 2.46 bits per heavy atom. The number of carbonyl (C=O) groups is 2. The highest BCUT2D eigenvalue weighted by Gasteiger charge is 2.55. The number of anilines is 1. The Kier molecular flexibility index (Phi) is 7.79. The van der Waals surface area contributed by atoms with Gasteiger partial charge in [-0.2, -0.15) is 0 Å². The molecule has 9 heteroatoms. The SMILES string of the molecule is CCC1(NC(=O)OC(C)(C)C)CC1c1ccc(-n2cc(-c3cccc(NC(=O)OCc4ccccc4)c3)nn2)cc1. The first kappa shape index (κ1) is 27.9. The van der Waals surface area contributed by atoms with E-state index in [0.29, 0.717) is 11.4 Å². The molecule has 0 spiro atoms. The predicted octanol–water partition coefficient (Wildman–Crippen LogP) is 6.84. The molecule has 1 aliphatic carbocycles. The van der Waals surface area contributed by atoms with E-state index in [9.17, 15) is 9.59 Å². The van der Waals surface area contributed by atoms with E-state index in [2.05, 4.69) is 40.0 Å². The number of aromatic nitrogens is 3. The summed E-state index contributed by atoms with van der Waals surface area (Å²) < 4.78 is 12.5. The van der Waals surface area contributed by atoms with E-state index in [1.54, 1.807) is 10.7 Å². The predicted molar refractivity (Wildman–Crippen MR) is 157 cm³/mol. The molecule has 212 valence electrons. The Morgan fingerprint density at radius 2 is 1.76 bits per heavy atom. The van der Waals surface area contributed by atoms with Crippen LogP contribution in [0.5, 0.6) is 0 Å². The number of nitrogens with one attached hydrogen (secondary N) is 2. The minimum atomic E-state index is -0.534. The van der Waals surface area contributed by atoms with Crippen LogP contribution in [0.15, 0.2) is 85.1 Å². The molecule has 1 aliphatic rings. The van der Waals surface area contributed by atoms with Gasteiger partial charge < -0.3 is 14.8 Å². The highest BCUT2D eigenvalue weighted by atomic mass is 16.6. The number of hydrogen-bond donors (Lipinski definition) is 2. The van der Waals surface area contributed by atoms with E-state index in [1.807, 2.05) is 87.6 Å². The molecule has 2 N–H and O–H groups in total. The van der Waals surface area contributed by atoms with Crippen molar-refractivity contribution in [3.05, 3.63) is 96.2 Å². The van der Waals surface area contributed by atoms with E-state index < -0.39 is 11.7 Å². The van der Waals surface area contributed by atoms with Crippen molar-refractivity contribution in [2.24, 2.45) is 0 Å². The average Bonchev–Trinajstić information content (AvgIpc) is 3.43. The Balaban J connectivity index is 1.20. The Hall–Kier alpha value is -4.66. The van der Waals surface area contributed by atoms with Crippen LogP contribution >= 0.6 is 0 Å². The molecular formula is C32H35N5O4. The Morgan fingerprint density at radius 1 is 1.00 bits per heavy atom. The van der Waals surface area contributed by atoms with Gasteiger partial charge in [0.25, 0.3) is 0 Å². The van der Waals surface area contributed by atoms with Crippen molar-refractivity contribution in [1.29, 1.82) is 0 Å². The normalized spacial score (nSPS) is 17.9. The maximum absolute atomic E-state index is 12.4. The van der Waals surface area contributed by atoms with Crippen molar-refractivity contribution in [2.75, 3.05) is 5.32 Å². The molecule has 3 aromatic carbocycles. The fourth-order valence-electron chi connectivity index (χ4n) is 4.88. The summed E-state index contributed by atoms with van der Waals surface area (Å²) in [5.41, 5.74) is 4.21. The lowest BCUT2D eigenvalue weighted by molar-refractivity contribution is 0.0493. The van der Waals surface area contributed by atoms with Crippen LogP contribution in [0, 0.1) is 0 Å². The van der Waals surface area contributed by atoms with Crippen LogP contribution in [-0.2, 0) is 16.1 Å². The van der Waals surface area contributed by atoms with Crippen molar-refractivity contribution >= 4 is 17.9 Å². The Bertz CT molecular complexity index is 1510. The van der Waals surface area contributed by atoms with E-state index in [0.717, 1.165) is 35.2 Å². The number of benzene rings is 3. The number of hydrogen-bond acceptors (Lipinski definition) is 6. The molecule has 9 nitrogen and oxygen atoms in total. The molecule has 2 amide bonds. The van der Waals surface area contributed by atoms with Crippen molar-refractivity contribution in [3.8, 4) is 16.9 Å². The molecular weight excluding hydrogens is 518 g/mol. The largest absolute Gasteiger partial charge is 0.444 e. The summed E-state index contributed by atoms with van der Waals surface area (Å²) in [6.07, 6.45) is 2.64. The highest BCUT2D eigenvalue weighted by Crippen LogP contribution is 2.53. The fourth-order valence-corrected chi connectivity index (χ4v) is 4.88. The lowest BCUT2D eigenvalue weighted by atomic mass is 10.0. The molecule has 5 rings (SSSR count). The van der Waals surface area contributed by atoms with Crippen LogP contribution in [0.4, 0.5) is 15.3 Å². The summed E-state index contributed by atoms with van der Waals surface area (Å²) >= 11 is 0. The summed E-state index contributed by atoms with van der Waals surface area (Å²) in [5, 5.41) is 14.5. The van der Waals surface area contributed by atoms with Crippen molar-refractivity contribution in [2.45, 2.75) is 64.2 Å². The number of alkyl carbamates (subject to hydrolysis) is 1. The molecule has 0 aliphatic heterocycles. The van der Waals surface area contributed by atoms with E-state index in [4.69, 9.17) is 9.47 Å². The topological polar surface area (TPSA) is 107 Å². The van der Waals surface area contributed by atoms with Gasteiger partial charge in [-0.15, -0.1) is 5.10 Å². The van der Waals surface area contributed by atoms with Crippen molar-refractivity contribution in [3.63, 3.8) is 0 Å². The van der Waals surface area contributed by atoms with E-state index >= 15 is 0 Å². The van der Waals surface area contributed by atoms with Gasteiger partial charge in [0.15, 0.2) is 0 Å². The van der Waals surface area contributed by atoms with Crippen LogP contribution in [-0.4, -0.2) is 38.3 Å². The first-order chi connectivity index (χ1) is 19.6. The molecule has 2 atom stereocenters. The first-order valence-electron chi connectivity index (χ1n) is 13.8. The zero-order valence-electron chi connectivity index (χ0n) is 23.8. The number of amides is 2. The third-order valence-corrected chi connectivity index (χ3v) is 7.13. The monoisotopic (exact) mass is 553 g/mol. The third kappa shape index (κ3) is 6.92. The third-order valence-electron chi connectivity index (χ3n) is 7.13. The number of ether oxygens (including phenoxy) is 2. The summed E-state index contributed by atoms with van der Waals surface area (Å²) in [4.78, 5) is 24.7. The molecule has 0 bridgehead atoms. The van der Waals surface area contributed by atoms with Gasteiger partial charge in [0.05, 0.1) is 17.4 Å². The minimum absolute atomic E-state index is 0.194. The quantitative estimate of drug-likeness (QED) is 0.247. The molecule has 0 radical (unpaired) electrons. The summed E-state index contributed by atoms with van der Waals surface area (Å²) in [6, 6.07) is 25.0. The van der Waals surface area contributed by atoms with E-state index in [1.165, 1.54) is 0 Å². The van der Waals surface area contributed by atoms with Gasteiger partial charge in [0, 0.05) is 17.2 Å². The summed E-state index contributed by atoms with van der Waals surface area (Å²) in [7, 11) is 0. The molecule has 1 aromatic heterocycles. The molecule has 1 fully saturated rings. The van der Waals surface area contributed by atoms with Crippen LogP contribution in [0.25, 0.3) is 16.9 Å². The van der Waals surface area contributed by atoms with Crippen LogP contribution in [0.1, 0.15) is 57.6 Å². The lowest BCUT2D eigenvalue weighted by Gasteiger charge is -2.23. The second-order valence-electron chi connectivity index (χ2n) is 11.3. The van der Waals surface area contributed by atoms with Crippen molar-refractivity contribution < 1.29 is 19.1 Å². The maximum atomic E-state index is 12.4. The van der Waals surface area contributed by atoms with Gasteiger partial charge in [-0.25, -0.2) is 14.3 Å². The van der Waals surface area contributed by atoms with Crippen molar-refractivity contribution in [1.82, 2.24) is 20.3 Å². The second kappa shape index (κ2) is 11.4. The first-order valence-corrected chi connectivity index (χ1v) is 13.8. The zero-order valence-corrected chi connectivity index (χ0v) is 23.8. The minimum Gasteiger partial charge on any atom is -0.444 e. The molecule has 2 unspecified atom stereocenters. The van der Waals surface area contributed by atoms with Gasteiger partial charge in [0.2, 0.25) is 0 Å². The molecule has 4 aromatic rings. The van der Waals surface area contributed by atoms with Gasteiger partial charge in [-0.05, 0) is 69.0 Å². The maximum Gasteiger partial charge on any atom is 0.411 e.